The molecule has 80 valence electrons. The molecule has 1 N–H and O–H groups in total. The molecule has 6 heteroatoms. The first-order chi connectivity index (χ1) is 7.00. The molecule has 0 bridgehead atoms. The minimum atomic E-state index is -0.472. The van der Waals surface area contributed by atoms with E-state index < -0.39 is 6.04 Å². The molecule has 0 saturated carbocycles. The van der Waals surface area contributed by atoms with E-state index in [1.165, 1.54) is 7.05 Å². The van der Waals surface area contributed by atoms with E-state index in [0.29, 0.717) is 4.77 Å². The van der Waals surface area contributed by atoms with Crippen LogP contribution in [0.25, 0.3) is 0 Å². The lowest BCUT2D eigenvalue weighted by Crippen LogP contribution is -2.26. The van der Waals surface area contributed by atoms with E-state index in [-0.39, 0.29) is 18.2 Å². The number of imide groups is 1. The van der Waals surface area contributed by atoms with Gasteiger partial charge in [-0.25, -0.2) is 0 Å². The van der Waals surface area contributed by atoms with Gasteiger partial charge >= 0.3 is 0 Å². The van der Waals surface area contributed by atoms with Crippen molar-refractivity contribution in [3.8, 4) is 0 Å². The average Bonchev–Trinajstić information content (AvgIpc) is 2.61. The lowest BCUT2D eigenvalue weighted by Gasteiger charge is -2.09. The Balaban J connectivity index is 2.42. The molecule has 5 nitrogen and oxygen atoms in total. The Morgan fingerprint density at radius 3 is 2.60 bits per heavy atom. The van der Waals surface area contributed by atoms with Gasteiger partial charge in [-0.3, -0.25) is 14.5 Å². The van der Waals surface area contributed by atoms with Crippen molar-refractivity contribution in [2.75, 3.05) is 7.05 Å². The number of likely N-dealkylation sites (N-methyl/N-ethyl adjacent to an activating group) is 1. The van der Waals surface area contributed by atoms with Crippen LogP contribution in [0.1, 0.15) is 18.2 Å². The zero-order valence-corrected chi connectivity index (χ0v) is 9.30. The normalized spacial score (nSPS) is 21.5. The van der Waals surface area contributed by atoms with Crippen molar-refractivity contribution in [1.82, 2.24) is 14.5 Å². The fourth-order valence-corrected chi connectivity index (χ4v) is 2.06. The first-order valence-corrected chi connectivity index (χ1v) is 4.99. The van der Waals surface area contributed by atoms with Gasteiger partial charge in [0.2, 0.25) is 5.91 Å². The Kier molecular flexibility index (Phi) is 2.22. The average molecular weight is 225 g/mol. The third kappa shape index (κ3) is 1.50. The minimum absolute atomic E-state index is 0.161. The molecule has 0 radical (unpaired) electrons. The summed E-state index contributed by atoms with van der Waals surface area (Å²) in [5.41, 5.74) is 0.884. The Bertz CT molecular complexity index is 488. The number of rotatable bonds is 1. The lowest BCUT2D eigenvalue weighted by molar-refractivity contribution is -0.137. The molecule has 1 aromatic rings. The standard InChI is InChI=1S/C9H11N3O2S/c1-5-4-12(9(15)10-5)6-3-7(13)11(2)8(6)14/h4,6H,3H2,1-2H3,(H,10,15). The Morgan fingerprint density at radius 1 is 1.53 bits per heavy atom. The summed E-state index contributed by atoms with van der Waals surface area (Å²) in [5, 5.41) is 0. The number of nitrogens with one attached hydrogen (secondary N) is 1. The van der Waals surface area contributed by atoms with Gasteiger partial charge < -0.3 is 9.55 Å². The fraction of sp³-hybridized carbons (Fsp3) is 0.444. The number of hydrogen-bond donors (Lipinski definition) is 1. The lowest BCUT2D eigenvalue weighted by atomic mass is 10.2. The largest absolute Gasteiger partial charge is 0.335 e. The number of aromatic amines is 1. The van der Waals surface area contributed by atoms with Crippen LogP contribution in [0.15, 0.2) is 6.20 Å². The highest BCUT2D eigenvalue weighted by Gasteiger charge is 2.37. The van der Waals surface area contributed by atoms with Crippen LogP contribution in [0.3, 0.4) is 0 Å². The highest BCUT2D eigenvalue weighted by atomic mass is 32.1. The highest BCUT2D eigenvalue weighted by molar-refractivity contribution is 7.71. The molecule has 1 aliphatic rings. The van der Waals surface area contributed by atoms with Gasteiger partial charge in [0, 0.05) is 18.9 Å². The number of nitrogens with zero attached hydrogens (tertiary/aromatic N) is 2. The van der Waals surface area contributed by atoms with Crippen LogP contribution >= 0.6 is 12.2 Å². The zero-order chi connectivity index (χ0) is 11.2. The molecule has 1 aromatic heterocycles. The summed E-state index contributed by atoms with van der Waals surface area (Å²) < 4.78 is 2.13. The Hall–Kier alpha value is -1.43. The summed E-state index contributed by atoms with van der Waals surface area (Å²) >= 11 is 5.07. The number of likely N-dealkylation sites (tertiary alicyclic amines) is 1. The molecule has 1 aliphatic heterocycles. The van der Waals surface area contributed by atoms with Gasteiger partial charge in [-0.05, 0) is 19.1 Å². The zero-order valence-electron chi connectivity index (χ0n) is 8.48. The molecule has 1 fully saturated rings. The van der Waals surface area contributed by atoms with Crippen molar-refractivity contribution >= 4 is 24.0 Å². The molecule has 2 rings (SSSR count). The molecule has 1 atom stereocenters. The predicted molar refractivity (Wildman–Crippen MR) is 55.8 cm³/mol. The number of carbonyl (C=O) groups excluding carboxylic acids is 2. The van der Waals surface area contributed by atoms with Gasteiger partial charge in [-0.2, -0.15) is 0 Å². The van der Waals surface area contributed by atoms with Gasteiger partial charge in [0.05, 0.1) is 6.42 Å². The predicted octanol–water partition coefficient (Wildman–Crippen LogP) is 0.784. The van der Waals surface area contributed by atoms with Crippen LogP contribution in [0.2, 0.25) is 0 Å². The number of aromatic nitrogens is 2. The van der Waals surface area contributed by atoms with Gasteiger partial charge in [-0.15, -0.1) is 0 Å². The summed E-state index contributed by atoms with van der Waals surface area (Å²) in [5.74, 6) is -0.360. The molecule has 0 spiro atoms. The third-order valence-corrected chi connectivity index (χ3v) is 2.88. The van der Waals surface area contributed by atoms with E-state index in [9.17, 15) is 9.59 Å². The molecule has 15 heavy (non-hydrogen) atoms. The summed E-state index contributed by atoms with van der Waals surface area (Å²) in [6.45, 7) is 1.86. The number of H-pyrrole nitrogens is 1. The summed E-state index contributed by atoms with van der Waals surface area (Å²) in [6, 6.07) is -0.472. The van der Waals surface area contributed by atoms with Crippen molar-refractivity contribution in [2.24, 2.45) is 0 Å². The van der Waals surface area contributed by atoms with Crippen LogP contribution in [-0.4, -0.2) is 33.3 Å². The van der Waals surface area contributed by atoms with E-state index in [0.717, 1.165) is 10.6 Å². The minimum Gasteiger partial charge on any atom is -0.335 e. The molecule has 1 saturated heterocycles. The summed E-state index contributed by atoms with van der Waals surface area (Å²) in [4.78, 5) is 27.1. The maximum Gasteiger partial charge on any atom is 0.252 e. The van der Waals surface area contributed by atoms with Crippen LogP contribution < -0.4 is 0 Å². The van der Waals surface area contributed by atoms with Crippen LogP contribution in [0.5, 0.6) is 0 Å². The molecular formula is C9H11N3O2S. The van der Waals surface area contributed by atoms with Crippen molar-refractivity contribution in [3.63, 3.8) is 0 Å². The second-order valence-electron chi connectivity index (χ2n) is 3.66. The van der Waals surface area contributed by atoms with Crippen LogP contribution in [-0.2, 0) is 9.59 Å². The Morgan fingerprint density at radius 2 is 2.20 bits per heavy atom. The van der Waals surface area contributed by atoms with E-state index in [1.54, 1.807) is 10.8 Å². The van der Waals surface area contributed by atoms with Crippen LogP contribution in [0, 0.1) is 11.7 Å². The van der Waals surface area contributed by atoms with Crippen LogP contribution in [0.4, 0.5) is 0 Å². The fourth-order valence-electron chi connectivity index (χ4n) is 1.72. The van der Waals surface area contributed by atoms with E-state index in [2.05, 4.69) is 4.98 Å². The van der Waals surface area contributed by atoms with Crippen molar-refractivity contribution in [1.29, 1.82) is 0 Å². The number of aryl methyl sites for hydroxylation is 1. The first-order valence-electron chi connectivity index (χ1n) is 4.59. The Labute approximate surface area is 91.7 Å². The monoisotopic (exact) mass is 225 g/mol. The van der Waals surface area contributed by atoms with Crippen molar-refractivity contribution in [2.45, 2.75) is 19.4 Å². The highest BCUT2D eigenvalue weighted by Crippen LogP contribution is 2.23. The molecule has 0 aromatic carbocycles. The number of hydrogen-bond acceptors (Lipinski definition) is 3. The molecule has 0 aliphatic carbocycles. The van der Waals surface area contributed by atoms with Gasteiger partial charge in [0.1, 0.15) is 6.04 Å². The number of carbonyl (C=O) groups is 2. The van der Waals surface area contributed by atoms with E-state index in [4.69, 9.17) is 12.2 Å². The van der Waals surface area contributed by atoms with Crippen molar-refractivity contribution < 1.29 is 9.59 Å². The second kappa shape index (κ2) is 3.30. The number of amides is 2. The van der Waals surface area contributed by atoms with Crippen molar-refractivity contribution in [3.05, 3.63) is 16.7 Å². The van der Waals surface area contributed by atoms with Gasteiger partial charge in [0.25, 0.3) is 5.91 Å². The molecule has 1 unspecified atom stereocenters. The van der Waals surface area contributed by atoms with Gasteiger partial charge in [-0.1, -0.05) is 0 Å². The quantitative estimate of drug-likeness (QED) is 0.567. The van der Waals surface area contributed by atoms with E-state index in [1.807, 2.05) is 6.92 Å². The molecular weight excluding hydrogens is 214 g/mol. The summed E-state index contributed by atoms with van der Waals surface area (Å²) in [7, 11) is 1.49. The SMILES string of the molecule is Cc1cn(C2CC(=O)N(C)C2=O)c(=S)[nH]1. The summed E-state index contributed by atoms with van der Waals surface area (Å²) in [6.07, 6.45) is 1.96. The first kappa shape index (κ1) is 10.1. The smallest absolute Gasteiger partial charge is 0.252 e. The third-order valence-electron chi connectivity index (χ3n) is 2.56. The maximum absolute atomic E-state index is 11.7. The maximum atomic E-state index is 11.7. The molecule has 2 heterocycles. The van der Waals surface area contributed by atoms with Gasteiger partial charge in [0.15, 0.2) is 4.77 Å². The van der Waals surface area contributed by atoms with E-state index >= 15 is 0 Å². The topological polar surface area (TPSA) is 58.1 Å². The number of imidazole rings is 1. The second-order valence-corrected chi connectivity index (χ2v) is 4.05. The molecule has 2 amide bonds.